The summed E-state index contributed by atoms with van der Waals surface area (Å²) in [6, 6.07) is 23.9. The first-order valence-corrected chi connectivity index (χ1v) is 10.9. The van der Waals surface area contributed by atoms with E-state index in [9.17, 15) is 9.59 Å². The Labute approximate surface area is 192 Å². The van der Waals surface area contributed by atoms with E-state index in [2.05, 4.69) is 15.6 Å². The molecule has 0 spiro atoms. The minimum atomic E-state index is -0.335. The number of anilines is 1. The average molecular weight is 440 g/mol. The van der Waals surface area contributed by atoms with E-state index < -0.39 is 0 Å². The number of aromatic nitrogens is 1. The smallest absolute Gasteiger partial charge is 0.257 e. The highest BCUT2D eigenvalue weighted by Gasteiger charge is 2.17. The Balaban J connectivity index is 1.60. The standard InChI is InChI=1S/C27H25N3O3/c1-2-16-33-21-13-14-24(23(17-21)26(31)29-18-19-8-4-3-5-9-19)30-27(32)22-12-6-10-20-11-7-15-28-25(20)22/h3-15,17H,2,16,18H2,1H3,(H,29,31)(H,30,32). The van der Waals surface area contributed by atoms with Crippen molar-refractivity contribution in [2.75, 3.05) is 11.9 Å². The first kappa shape index (κ1) is 22.0. The van der Waals surface area contributed by atoms with Crippen LogP contribution in [0.4, 0.5) is 5.69 Å². The second-order valence-corrected chi connectivity index (χ2v) is 7.56. The van der Waals surface area contributed by atoms with Crippen molar-refractivity contribution in [1.82, 2.24) is 10.3 Å². The lowest BCUT2D eigenvalue weighted by Gasteiger charge is -2.14. The molecule has 2 N–H and O–H groups in total. The number of hydrogen-bond acceptors (Lipinski definition) is 4. The molecule has 6 nitrogen and oxygen atoms in total. The fourth-order valence-electron chi connectivity index (χ4n) is 3.48. The zero-order valence-electron chi connectivity index (χ0n) is 18.4. The van der Waals surface area contributed by atoms with Crippen LogP contribution >= 0.6 is 0 Å². The lowest BCUT2D eigenvalue weighted by atomic mass is 10.1. The highest BCUT2D eigenvalue weighted by Crippen LogP contribution is 2.25. The summed E-state index contributed by atoms with van der Waals surface area (Å²) in [7, 11) is 0. The van der Waals surface area contributed by atoms with Crippen LogP contribution in [-0.2, 0) is 6.54 Å². The van der Waals surface area contributed by atoms with Gasteiger partial charge in [0.05, 0.1) is 28.9 Å². The van der Waals surface area contributed by atoms with Gasteiger partial charge in [-0.1, -0.05) is 55.5 Å². The van der Waals surface area contributed by atoms with Crippen LogP contribution in [-0.4, -0.2) is 23.4 Å². The summed E-state index contributed by atoms with van der Waals surface area (Å²) >= 11 is 0. The molecule has 0 saturated carbocycles. The molecule has 1 heterocycles. The molecular weight excluding hydrogens is 414 g/mol. The predicted octanol–water partition coefficient (Wildman–Crippen LogP) is 5.21. The van der Waals surface area contributed by atoms with Gasteiger partial charge in [-0.3, -0.25) is 14.6 Å². The first-order valence-electron chi connectivity index (χ1n) is 10.9. The van der Waals surface area contributed by atoms with Crippen LogP contribution in [0.3, 0.4) is 0 Å². The van der Waals surface area contributed by atoms with E-state index in [0.717, 1.165) is 17.4 Å². The maximum absolute atomic E-state index is 13.1. The van der Waals surface area contributed by atoms with E-state index in [1.165, 1.54) is 0 Å². The minimum absolute atomic E-state index is 0.299. The van der Waals surface area contributed by atoms with Gasteiger partial charge in [0.25, 0.3) is 11.8 Å². The molecule has 1 aromatic heterocycles. The van der Waals surface area contributed by atoms with Gasteiger partial charge in [-0.15, -0.1) is 0 Å². The van der Waals surface area contributed by atoms with Gasteiger partial charge in [-0.25, -0.2) is 0 Å². The Kier molecular flexibility index (Phi) is 6.95. The number of carbonyl (C=O) groups excluding carboxylic acids is 2. The van der Waals surface area contributed by atoms with Gasteiger partial charge in [0.2, 0.25) is 0 Å². The van der Waals surface area contributed by atoms with E-state index in [1.54, 1.807) is 30.5 Å². The molecule has 0 bridgehead atoms. The molecule has 0 fully saturated rings. The monoisotopic (exact) mass is 439 g/mol. The number of fused-ring (bicyclic) bond motifs is 1. The van der Waals surface area contributed by atoms with Gasteiger partial charge in [0, 0.05) is 18.1 Å². The quantitative estimate of drug-likeness (QED) is 0.395. The van der Waals surface area contributed by atoms with Crippen LogP contribution in [0.25, 0.3) is 10.9 Å². The molecule has 4 rings (SSSR count). The number of nitrogens with one attached hydrogen (secondary N) is 2. The third-order valence-electron chi connectivity index (χ3n) is 5.13. The Morgan fingerprint density at radius 3 is 2.52 bits per heavy atom. The Bertz CT molecular complexity index is 1270. The van der Waals surface area contributed by atoms with Gasteiger partial charge in [-0.05, 0) is 42.3 Å². The van der Waals surface area contributed by atoms with Crippen molar-refractivity contribution >= 4 is 28.4 Å². The molecule has 166 valence electrons. The van der Waals surface area contributed by atoms with Crippen LogP contribution < -0.4 is 15.4 Å². The van der Waals surface area contributed by atoms with Crippen molar-refractivity contribution in [2.45, 2.75) is 19.9 Å². The van der Waals surface area contributed by atoms with Crippen molar-refractivity contribution in [3.8, 4) is 5.75 Å². The molecule has 0 unspecified atom stereocenters. The summed E-state index contributed by atoms with van der Waals surface area (Å²) in [4.78, 5) is 30.5. The predicted molar refractivity (Wildman–Crippen MR) is 130 cm³/mol. The summed E-state index contributed by atoms with van der Waals surface area (Å²) in [5, 5.41) is 6.68. The maximum Gasteiger partial charge on any atom is 0.257 e. The molecule has 3 aromatic carbocycles. The maximum atomic E-state index is 13.1. The van der Waals surface area contributed by atoms with Crippen LogP contribution in [0.15, 0.2) is 85.1 Å². The molecule has 0 aliphatic heterocycles. The largest absolute Gasteiger partial charge is 0.494 e. The average Bonchev–Trinajstić information content (AvgIpc) is 2.86. The number of rotatable bonds is 8. The second kappa shape index (κ2) is 10.4. The molecule has 4 aromatic rings. The van der Waals surface area contributed by atoms with Crippen molar-refractivity contribution in [3.63, 3.8) is 0 Å². The van der Waals surface area contributed by atoms with E-state index in [0.29, 0.717) is 41.2 Å². The van der Waals surface area contributed by atoms with Crippen molar-refractivity contribution in [2.24, 2.45) is 0 Å². The highest BCUT2D eigenvalue weighted by atomic mass is 16.5. The summed E-state index contributed by atoms with van der Waals surface area (Å²) in [5.41, 5.74) is 2.77. The van der Waals surface area contributed by atoms with Crippen molar-refractivity contribution < 1.29 is 14.3 Å². The lowest BCUT2D eigenvalue weighted by molar-refractivity contribution is 0.0951. The molecule has 33 heavy (non-hydrogen) atoms. The molecule has 0 aliphatic carbocycles. The third kappa shape index (κ3) is 5.36. The summed E-state index contributed by atoms with van der Waals surface area (Å²) < 4.78 is 5.71. The van der Waals surface area contributed by atoms with Gasteiger partial charge in [0.1, 0.15) is 5.75 Å². The molecular formula is C27H25N3O3. The zero-order valence-corrected chi connectivity index (χ0v) is 18.4. The number of nitrogens with zero attached hydrogens (tertiary/aromatic N) is 1. The van der Waals surface area contributed by atoms with Crippen LogP contribution in [0.5, 0.6) is 5.75 Å². The number of hydrogen-bond donors (Lipinski definition) is 2. The summed E-state index contributed by atoms with van der Waals surface area (Å²) in [6.45, 7) is 2.93. The third-order valence-corrected chi connectivity index (χ3v) is 5.13. The molecule has 0 aliphatic rings. The number of ether oxygens (including phenoxy) is 1. The molecule has 2 amide bonds. The van der Waals surface area contributed by atoms with Crippen molar-refractivity contribution in [3.05, 3.63) is 102 Å². The molecule has 6 heteroatoms. The summed E-state index contributed by atoms with van der Waals surface area (Å²) in [5.74, 6) is -0.0580. The fourth-order valence-corrected chi connectivity index (χ4v) is 3.48. The van der Waals surface area contributed by atoms with E-state index >= 15 is 0 Å². The first-order chi connectivity index (χ1) is 16.2. The summed E-state index contributed by atoms with van der Waals surface area (Å²) in [6.07, 6.45) is 2.50. The van der Waals surface area contributed by atoms with E-state index in [1.807, 2.05) is 61.5 Å². The minimum Gasteiger partial charge on any atom is -0.494 e. The Hall–Kier alpha value is -4.19. The fraction of sp³-hybridized carbons (Fsp3) is 0.148. The van der Waals surface area contributed by atoms with E-state index in [4.69, 9.17) is 4.74 Å². The normalized spacial score (nSPS) is 10.6. The topological polar surface area (TPSA) is 80.3 Å². The van der Waals surface area contributed by atoms with Crippen LogP contribution in [0.2, 0.25) is 0 Å². The van der Waals surface area contributed by atoms with Crippen LogP contribution in [0, 0.1) is 0 Å². The molecule has 0 atom stereocenters. The van der Waals surface area contributed by atoms with Gasteiger partial charge >= 0.3 is 0 Å². The van der Waals surface area contributed by atoms with Crippen molar-refractivity contribution in [1.29, 1.82) is 0 Å². The second-order valence-electron chi connectivity index (χ2n) is 7.56. The van der Waals surface area contributed by atoms with Gasteiger partial charge in [0.15, 0.2) is 0 Å². The number of carbonyl (C=O) groups is 2. The lowest BCUT2D eigenvalue weighted by Crippen LogP contribution is -2.25. The van der Waals surface area contributed by atoms with E-state index in [-0.39, 0.29) is 11.8 Å². The highest BCUT2D eigenvalue weighted by molar-refractivity contribution is 6.14. The van der Waals surface area contributed by atoms with Gasteiger partial charge in [-0.2, -0.15) is 0 Å². The number of benzene rings is 3. The number of para-hydroxylation sites is 1. The SMILES string of the molecule is CCCOc1ccc(NC(=O)c2cccc3cccnc23)c(C(=O)NCc2ccccc2)c1. The molecule has 0 saturated heterocycles. The zero-order chi connectivity index (χ0) is 23.0. The molecule has 0 radical (unpaired) electrons. The van der Waals surface area contributed by atoms with Crippen LogP contribution in [0.1, 0.15) is 39.6 Å². The van der Waals surface area contributed by atoms with Gasteiger partial charge < -0.3 is 15.4 Å². The number of pyridine rings is 1. The Morgan fingerprint density at radius 2 is 1.70 bits per heavy atom. The number of amides is 2. The Morgan fingerprint density at radius 1 is 0.879 bits per heavy atom.